The molecule has 0 saturated heterocycles. The Hall–Kier alpha value is -1.59. The zero-order valence-corrected chi connectivity index (χ0v) is 21.3. The van der Waals surface area contributed by atoms with Crippen LogP contribution in [0.1, 0.15) is 63.5 Å². The minimum Gasteiger partial charge on any atom is -0.490 e. The van der Waals surface area contributed by atoms with Crippen LogP contribution in [0.2, 0.25) is 0 Å². The molecule has 0 spiro atoms. The molecule has 1 atom stereocenters. The first kappa shape index (κ1) is 23.2. The average Bonchev–Trinajstić information content (AvgIpc) is 2.77. The van der Waals surface area contributed by atoms with Crippen molar-refractivity contribution in [3.05, 3.63) is 57.8 Å². The van der Waals surface area contributed by atoms with Gasteiger partial charge in [-0.3, -0.25) is 0 Å². The molecule has 0 radical (unpaired) electrons. The molecule has 0 amide bonds. The predicted molar refractivity (Wildman–Crippen MR) is 133 cm³/mol. The largest absolute Gasteiger partial charge is 0.490 e. The van der Waals surface area contributed by atoms with Crippen molar-refractivity contribution in [2.45, 2.75) is 71.6 Å². The quantitative estimate of drug-likeness (QED) is 0.381. The Morgan fingerprint density at radius 3 is 2.24 bits per heavy atom. The Bertz CT molecular complexity index is 941. The van der Waals surface area contributed by atoms with Crippen molar-refractivity contribution in [3.63, 3.8) is 0 Å². The van der Waals surface area contributed by atoms with Crippen molar-refractivity contribution in [3.8, 4) is 11.5 Å². The molecule has 3 nitrogen and oxygen atoms in total. The molecule has 0 heterocycles. The van der Waals surface area contributed by atoms with E-state index in [1.54, 1.807) is 12.1 Å². The molecule has 4 saturated carbocycles. The van der Waals surface area contributed by atoms with Crippen molar-refractivity contribution in [1.82, 2.24) is 5.32 Å². The molecular formula is C28H35BrFNO2. The molecular weight excluding hydrogens is 481 g/mol. The van der Waals surface area contributed by atoms with Crippen LogP contribution in [0.5, 0.6) is 11.5 Å². The maximum atomic E-state index is 13.2. The van der Waals surface area contributed by atoms with Crippen LogP contribution in [0.25, 0.3) is 0 Å². The summed E-state index contributed by atoms with van der Waals surface area (Å²) in [6.07, 6.45) is 8.69. The molecule has 4 aliphatic carbocycles. The highest BCUT2D eigenvalue weighted by Gasteiger charge is 2.52. The second kappa shape index (κ2) is 9.58. The number of halogens is 2. The lowest BCUT2D eigenvalue weighted by Crippen LogP contribution is -2.54. The maximum Gasteiger partial charge on any atom is 0.175 e. The molecule has 4 aliphatic rings. The summed E-state index contributed by atoms with van der Waals surface area (Å²) in [5.41, 5.74) is 2.60. The summed E-state index contributed by atoms with van der Waals surface area (Å²) in [5, 5.41) is 3.88. The first-order chi connectivity index (χ1) is 15.9. The van der Waals surface area contributed by atoms with E-state index in [0.717, 1.165) is 40.1 Å². The summed E-state index contributed by atoms with van der Waals surface area (Å²) in [5.74, 6) is 4.10. The lowest BCUT2D eigenvalue weighted by atomic mass is 9.48. The fourth-order valence-corrected chi connectivity index (χ4v) is 7.66. The van der Waals surface area contributed by atoms with Crippen LogP contribution < -0.4 is 14.8 Å². The van der Waals surface area contributed by atoms with Gasteiger partial charge in [0.25, 0.3) is 0 Å². The van der Waals surface area contributed by atoms with E-state index in [9.17, 15) is 4.39 Å². The van der Waals surface area contributed by atoms with Gasteiger partial charge in [-0.1, -0.05) is 12.1 Å². The summed E-state index contributed by atoms with van der Waals surface area (Å²) in [7, 11) is 0. The van der Waals surface area contributed by atoms with Crippen LogP contribution >= 0.6 is 15.9 Å². The SMILES string of the molecule is CCOc1cc(CN[C@H](C)C23CC4CC(CC(C4)C2)C3)cc(Br)c1OCc1ccc(F)cc1. The molecule has 0 unspecified atom stereocenters. The van der Waals surface area contributed by atoms with Crippen LogP contribution in [0.3, 0.4) is 0 Å². The predicted octanol–water partition coefficient (Wildman–Crippen LogP) is 7.26. The van der Waals surface area contributed by atoms with Gasteiger partial charge in [-0.25, -0.2) is 4.39 Å². The number of benzene rings is 2. The molecule has 2 aromatic rings. The topological polar surface area (TPSA) is 30.5 Å². The lowest BCUT2D eigenvalue weighted by molar-refractivity contribution is -0.0706. The van der Waals surface area contributed by atoms with Crippen LogP contribution in [-0.4, -0.2) is 12.6 Å². The highest BCUT2D eigenvalue weighted by Crippen LogP contribution is 2.61. The summed E-state index contributed by atoms with van der Waals surface area (Å²) < 4.78 is 26.1. The van der Waals surface area contributed by atoms with E-state index in [4.69, 9.17) is 9.47 Å². The van der Waals surface area contributed by atoms with Crippen LogP contribution in [0, 0.1) is 29.0 Å². The fraction of sp³-hybridized carbons (Fsp3) is 0.571. The van der Waals surface area contributed by atoms with E-state index in [1.807, 2.05) is 6.92 Å². The van der Waals surface area contributed by atoms with Gasteiger partial charge in [0, 0.05) is 12.6 Å². The third kappa shape index (κ3) is 4.95. The van der Waals surface area contributed by atoms with Gasteiger partial charge in [0.2, 0.25) is 0 Å². The van der Waals surface area contributed by atoms with Crippen molar-refractivity contribution in [1.29, 1.82) is 0 Å². The first-order valence-electron chi connectivity index (χ1n) is 12.5. The number of hydrogen-bond donors (Lipinski definition) is 1. The third-order valence-corrected chi connectivity index (χ3v) is 8.87. The zero-order chi connectivity index (χ0) is 23.0. The molecule has 6 rings (SSSR count). The summed E-state index contributed by atoms with van der Waals surface area (Å²) >= 11 is 3.70. The Balaban J connectivity index is 1.26. The van der Waals surface area contributed by atoms with E-state index >= 15 is 0 Å². The van der Waals surface area contributed by atoms with E-state index in [-0.39, 0.29) is 5.82 Å². The Kier molecular flexibility index (Phi) is 6.72. The number of ether oxygens (including phenoxy) is 2. The zero-order valence-electron chi connectivity index (χ0n) is 19.7. The van der Waals surface area contributed by atoms with E-state index in [2.05, 4.69) is 40.3 Å². The van der Waals surface area contributed by atoms with Gasteiger partial charge < -0.3 is 14.8 Å². The first-order valence-corrected chi connectivity index (χ1v) is 13.3. The van der Waals surface area contributed by atoms with E-state index < -0.39 is 0 Å². The maximum absolute atomic E-state index is 13.2. The molecule has 33 heavy (non-hydrogen) atoms. The fourth-order valence-electron chi connectivity index (χ4n) is 7.06. The van der Waals surface area contributed by atoms with Crippen LogP contribution in [0.15, 0.2) is 40.9 Å². The summed E-state index contributed by atoms with van der Waals surface area (Å²) in [6, 6.07) is 11.1. The van der Waals surface area contributed by atoms with Crippen molar-refractivity contribution in [2.75, 3.05) is 6.61 Å². The summed E-state index contributed by atoms with van der Waals surface area (Å²) in [4.78, 5) is 0. The van der Waals surface area contributed by atoms with Gasteiger partial charge >= 0.3 is 0 Å². The normalized spacial score (nSPS) is 28.7. The Morgan fingerprint density at radius 1 is 1.00 bits per heavy atom. The van der Waals surface area contributed by atoms with Gasteiger partial charge in [0.15, 0.2) is 11.5 Å². The van der Waals surface area contributed by atoms with Gasteiger partial charge in [-0.2, -0.15) is 0 Å². The van der Waals surface area contributed by atoms with Gasteiger partial charge in [-0.15, -0.1) is 0 Å². The van der Waals surface area contributed by atoms with Crippen molar-refractivity contribution < 1.29 is 13.9 Å². The van der Waals surface area contributed by atoms with E-state index in [0.29, 0.717) is 30.4 Å². The molecule has 178 valence electrons. The van der Waals surface area contributed by atoms with Crippen LogP contribution in [-0.2, 0) is 13.2 Å². The smallest absolute Gasteiger partial charge is 0.175 e. The molecule has 5 heteroatoms. The molecule has 2 aromatic carbocycles. The molecule has 1 N–H and O–H groups in total. The minimum absolute atomic E-state index is 0.241. The monoisotopic (exact) mass is 515 g/mol. The third-order valence-electron chi connectivity index (χ3n) is 8.28. The summed E-state index contributed by atoms with van der Waals surface area (Å²) in [6.45, 7) is 6.14. The number of nitrogens with one attached hydrogen (secondary N) is 1. The highest BCUT2D eigenvalue weighted by atomic mass is 79.9. The average molecular weight is 516 g/mol. The second-order valence-electron chi connectivity index (χ2n) is 10.6. The van der Waals surface area contributed by atoms with E-state index in [1.165, 1.54) is 56.2 Å². The van der Waals surface area contributed by atoms with Gasteiger partial charge in [0.05, 0.1) is 11.1 Å². The molecule has 0 aliphatic heterocycles. The molecule has 4 bridgehead atoms. The van der Waals surface area contributed by atoms with Crippen molar-refractivity contribution >= 4 is 15.9 Å². The van der Waals surface area contributed by atoms with Crippen molar-refractivity contribution in [2.24, 2.45) is 23.2 Å². The van der Waals surface area contributed by atoms with Gasteiger partial charge in [-0.05, 0) is 127 Å². The Labute approximate surface area is 205 Å². The standard InChI is InChI=1S/C28H35BrFNO2/c1-3-32-26-12-23(11-25(29)27(26)33-17-19-4-6-24(30)7-5-19)16-31-18(2)28-13-20-8-21(14-28)10-22(9-20)15-28/h4-7,11-12,18,20-22,31H,3,8-10,13-17H2,1-2H3/t18-,20?,21?,22?,28?/m1/s1. The Morgan fingerprint density at radius 2 is 1.64 bits per heavy atom. The lowest BCUT2D eigenvalue weighted by Gasteiger charge is -2.59. The van der Waals surface area contributed by atoms with Crippen LogP contribution in [0.4, 0.5) is 4.39 Å². The minimum atomic E-state index is -0.241. The van der Waals surface area contributed by atoms with Gasteiger partial charge in [0.1, 0.15) is 12.4 Å². The molecule has 4 fully saturated rings. The molecule has 0 aromatic heterocycles. The highest BCUT2D eigenvalue weighted by molar-refractivity contribution is 9.10. The number of hydrogen-bond acceptors (Lipinski definition) is 3. The second-order valence-corrected chi connectivity index (χ2v) is 11.5. The number of rotatable bonds is 9.